The van der Waals surface area contributed by atoms with Crippen LogP contribution in [-0.2, 0) is 0 Å². The Bertz CT molecular complexity index is 528. The van der Waals surface area contributed by atoms with Crippen molar-refractivity contribution in [3.05, 3.63) is 59.9 Å². The Morgan fingerprint density at radius 2 is 1.95 bits per heavy atom. The van der Waals surface area contributed by atoms with Crippen molar-refractivity contribution in [2.75, 3.05) is 12.9 Å². The Balaban J connectivity index is 1.96. The summed E-state index contributed by atoms with van der Waals surface area (Å²) in [5.74, 6) is 0.986. The van der Waals surface area contributed by atoms with Gasteiger partial charge in [-0.1, -0.05) is 12.1 Å². The average molecular weight is 278 g/mol. The summed E-state index contributed by atoms with van der Waals surface area (Å²) in [5.41, 5.74) is 0.814. The summed E-state index contributed by atoms with van der Waals surface area (Å²) in [4.78, 5) is 0.934. The summed E-state index contributed by atoms with van der Waals surface area (Å²) < 4.78 is 17.9. The number of hydrogen-bond donors (Lipinski definition) is 1. The Hall–Kier alpha value is -1.52. The lowest BCUT2D eigenvalue weighted by Gasteiger charge is -2.11. The van der Waals surface area contributed by atoms with Crippen LogP contribution in [0.5, 0.6) is 5.75 Å². The van der Waals surface area contributed by atoms with Gasteiger partial charge in [0, 0.05) is 10.6 Å². The van der Waals surface area contributed by atoms with Gasteiger partial charge in [-0.2, -0.15) is 0 Å². The lowest BCUT2D eigenvalue weighted by Crippen LogP contribution is -2.00. The molecule has 0 fully saturated rings. The highest BCUT2D eigenvalue weighted by molar-refractivity contribution is 7.99. The molecule has 1 N–H and O–H groups in total. The first-order valence-electron chi connectivity index (χ1n) is 5.89. The van der Waals surface area contributed by atoms with Gasteiger partial charge in [0.05, 0.1) is 13.2 Å². The van der Waals surface area contributed by atoms with Gasteiger partial charge in [-0.3, -0.25) is 0 Å². The standard InChI is InChI=1S/C15H15FO2S/c1-18-13-4-2-3-11(9-13)15(17)10-19-14-7-5-12(16)6-8-14/h2-9,15,17H,10H2,1H3. The van der Waals surface area contributed by atoms with Gasteiger partial charge in [-0.25, -0.2) is 4.39 Å². The van der Waals surface area contributed by atoms with Crippen LogP contribution in [-0.4, -0.2) is 18.0 Å². The topological polar surface area (TPSA) is 29.5 Å². The summed E-state index contributed by atoms with van der Waals surface area (Å²) in [5, 5.41) is 10.1. The first-order chi connectivity index (χ1) is 9.19. The minimum atomic E-state index is -0.579. The van der Waals surface area contributed by atoms with Crippen LogP contribution in [0.2, 0.25) is 0 Å². The maximum atomic E-state index is 12.8. The van der Waals surface area contributed by atoms with Crippen molar-refractivity contribution in [1.82, 2.24) is 0 Å². The molecular weight excluding hydrogens is 263 g/mol. The summed E-state index contributed by atoms with van der Waals surface area (Å²) >= 11 is 1.49. The summed E-state index contributed by atoms with van der Waals surface area (Å²) in [7, 11) is 1.60. The van der Waals surface area contributed by atoms with E-state index in [4.69, 9.17) is 4.74 Å². The van der Waals surface area contributed by atoms with Crippen LogP contribution in [0.4, 0.5) is 4.39 Å². The van der Waals surface area contributed by atoms with E-state index in [0.29, 0.717) is 5.75 Å². The fourth-order valence-electron chi connectivity index (χ4n) is 1.65. The van der Waals surface area contributed by atoms with Gasteiger partial charge in [0.2, 0.25) is 0 Å². The molecule has 1 unspecified atom stereocenters. The zero-order valence-electron chi connectivity index (χ0n) is 10.5. The first kappa shape index (κ1) is 13.9. The summed E-state index contributed by atoms with van der Waals surface area (Å²) in [6.45, 7) is 0. The predicted octanol–water partition coefficient (Wildman–Crippen LogP) is 3.66. The molecule has 2 rings (SSSR count). The highest BCUT2D eigenvalue weighted by Crippen LogP contribution is 2.26. The third-order valence-electron chi connectivity index (χ3n) is 2.70. The summed E-state index contributed by atoms with van der Waals surface area (Å²) in [6, 6.07) is 13.6. The fraction of sp³-hybridized carbons (Fsp3) is 0.200. The molecule has 0 aliphatic carbocycles. The van der Waals surface area contributed by atoms with Gasteiger partial charge < -0.3 is 9.84 Å². The number of benzene rings is 2. The average Bonchev–Trinajstić information content (AvgIpc) is 2.46. The number of ether oxygens (including phenoxy) is 1. The van der Waals surface area contributed by atoms with Crippen LogP contribution in [0.3, 0.4) is 0 Å². The number of hydrogen-bond acceptors (Lipinski definition) is 3. The Morgan fingerprint density at radius 1 is 1.21 bits per heavy atom. The molecule has 0 amide bonds. The van der Waals surface area contributed by atoms with Gasteiger partial charge >= 0.3 is 0 Å². The number of thioether (sulfide) groups is 1. The van der Waals surface area contributed by atoms with Crippen molar-refractivity contribution in [3.63, 3.8) is 0 Å². The van der Waals surface area contributed by atoms with E-state index in [1.807, 2.05) is 24.3 Å². The van der Waals surface area contributed by atoms with Crippen LogP contribution in [0.1, 0.15) is 11.7 Å². The molecule has 0 aliphatic rings. The zero-order chi connectivity index (χ0) is 13.7. The fourth-order valence-corrected chi connectivity index (χ4v) is 2.52. The molecule has 2 nitrogen and oxygen atoms in total. The second kappa shape index (κ2) is 6.59. The third kappa shape index (κ3) is 3.98. The summed E-state index contributed by atoms with van der Waals surface area (Å²) in [6.07, 6.45) is -0.579. The van der Waals surface area contributed by atoms with Crippen molar-refractivity contribution < 1.29 is 14.2 Å². The molecule has 0 saturated heterocycles. The minimum absolute atomic E-state index is 0.252. The Labute approximate surface area is 116 Å². The molecule has 0 heterocycles. The van der Waals surface area contributed by atoms with Crippen molar-refractivity contribution in [2.24, 2.45) is 0 Å². The van der Waals surface area contributed by atoms with E-state index in [-0.39, 0.29) is 5.82 Å². The monoisotopic (exact) mass is 278 g/mol. The number of rotatable bonds is 5. The highest BCUT2D eigenvalue weighted by atomic mass is 32.2. The van der Waals surface area contributed by atoms with E-state index >= 15 is 0 Å². The largest absolute Gasteiger partial charge is 0.497 e. The molecular formula is C15H15FO2S. The van der Waals surface area contributed by atoms with Crippen molar-refractivity contribution >= 4 is 11.8 Å². The van der Waals surface area contributed by atoms with Gasteiger partial charge in [0.15, 0.2) is 0 Å². The maximum Gasteiger partial charge on any atom is 0.123 e. The Morgan fingerprint density at radius 3 is 2.63 bits per heavy atom. The van der Waals surface area contributed by atoms with Crippen molar-refractivity contribution in [3.8, 4) is 5.75 Å². The SMILES string of the molecule is COc1cccc(C(O)CSc2ccc(F)cc2)c1. The molecule has 4 heteroatoms. The van der Waals surface area contributed by atoms with E-state index in [9.17, 15) is 9.50 Å². The molecule has 1 atom stereocenters. The number of aliphatic hydroxyl groups is 1. The van der Waals surface area contributed by atoms with Gasteiger partial charge in [-0.05, 0) is 42.0 Å². The van der Waals surface area contributed by atoms with Crippen LogP contribution >= 0.6 is 11.8 Å². The molecule has 0 aromatic heterocycles. The highest BCUT2D eigenvalue weighted by Gasteiger charge is 2.09. The predicted molar refractivity (Wildman–Crippen MR) is 75.1 cm³/mol. The molecule has 2 aromatic carbocycles. The molecule has 0 spiro atoms. The van der Waals surface area contributed by atoms with Crippen LogP contribution in [0, 0.1) is 5.82 Å². The number of aliphatic hydroxyl groups excluding tert-OH is 1. The number of halogens is 1. The van der Waals surface area contributed by atoms with Crippen LogP contribution in [0.25, 0.3) is 0 Å². The minimum Gasteiger partial charge on any atom is -0.497 e. The molecule has 0 radical (unpaired) electrons. The molecule has 0 aliphatic heterocycles. The van der Waals surface area contributed by atoms with Gasteiger partial charge in [0.25, 0.3) is 0 Å². The second-order valence-corrected chi connectivity index (χ2v) is 5.15. The zero-order valence-corrected chi connectivity index (χ0v) is 11.4. The smallest absolute Gasteiger partial charge is 0.123 e. The lowest BCUT2D eigenvalue weighted by molar-refractivity contribution is 0.203. The maximum absolute atomic E-state index is 12.8. The van der Waals surface area contributed by atoms with Gasteiger partial charge in [0.1, 0.15) is 11.6 Å². The molecule has 100 valence electrons. The Kier molecular flexibility index (Phi) is 4.82. The van der Waals surface area contributed by atoms with Crippen molar-refractivity contribution in [2.45, 2.75) is 11.0 Å². The van der Waals surface area contributed by atoms with Crippen LogP contribution in [0.15, 0.2) is 53.4 Å². The molecule has 0 bridgehead atoms. The molecule has 19 heavy (non-hydrogen) atoms. The lowest BCUT2D eigenvalue weighted by atomic mass is 10.1. The van der Waals surface area contributed by atoms with E-state index in [1.165, 1.54) is 23.9 Å². The van der Waals surface area contributed by atoms with Crippen molar-refractivity contribution in [1.29, 1.82) is 0 Å². The van der Waals surface area contributed by atoms with E-state index in [2.05, 4.69) is 0 Å². The molecule has 0 saturated carbocycles. The van der Waals surface area contributed by atoms with E-state index in [0.717, 1.165) is 16.2 Å². The quantitative estimate of drug-likeness (QED) is 0.846. The second-order valence-electron chi connectivity index (χ2n) is 4.06. The van der Waals surface area contributed by atoms with E-state index < -0.39 is 6.10 Å². The molecule has 2 aromatic rings. The van der Waals surface area contributed by atoms with Crippen LogP contribution < -0.4 is 4.74 Å². The normalized spacial score (nSPS) is 12.2. The third-order valence-corrected chi connectivity index (χ3v) is 3.79. The first-order valence-corrected chi connectivity index (χ1v) is 6.88. The van der Waals surface area contributed by atoms with Gasteiger partial charge in [-0.15, -0.1) is 11.8 Å². The number of methoxy groups -OCH3 is 1. The van der Waals surface area contributed by atoms with E-state index in [1.54, 1.807) is 19.2 Å².